The van der Waals surface area contributed by atoms with Crippen LogP contribution in [0.3, 0.4) is 0 Å². The number of rotatable bonds is 4. The number of hydrogen-bond donors (Lipinski definition) is 2. The van der Waals surface area contributed by atoms with Crippen molar-refractivity contribution in [2.24, 2.45) is 0 Å². The smallest absolute Gasteiger partial charge is 0.134 e. The van der Waals surface area contributed by atoms with Crippen LogP contribution in [-0.2, 0) is 0 Å². The van der Waals surface area contributed by atoms with Crippen molar-refractivity contribution in [2.45, 2.75) is 19.4 Å². The lowest BCUT2D eigenvalue weighted by Gasteiger charge is -2.30. The van der Waals surface area contributed by atoms with E-state index in [0.29, 0.717) is 17.7 Å². The molecule has 0 bridgehead atoms. The van der Waals surface area contributed by atoms with Gasteiger partial charge in [0.2, 0.25) is 0 Å². The molecule has 1 atom stereocenters. The van der Waals surface area contributed by atoms with E-state index in [1.54, 1.807) is 19.2 Å². The van der Waals surface area contributed by atoms with E-state index in [9.17, 15) is 4.39 Å². The zero-order chi connectivity index (χ0) is 18.8. The number of piperazine rings is 1. The second kappa shape index (κ2) is 7.56. The molecule has 1 saturated heterocycles. The molecule has 27 heavy (non-hydrogen) atoms. The highest BCUT2D eigenvalue weighted by Gasteiger charge is 2.25. The summed E-state index contributed by atoms with van der Waals surface area (Å²) in [6, 6.07) is 9.20. The molecule has 1 unspecified atom stereocenters. The van der Waals surface area contributed by atoms with Crippen LogP contribution in [0.4, 0.5) is 10.1 Å². The van der Waals surface area contributed by atoms with Crippen LogP contribution in [0.5, 0.6) is 5.75 Å². The fourth-order valence-electron chi connectivity index (χ4n) is 3.90. The van der Waals surface area contributed by atoms with E-state index in [-0.39, 0.29) is 11.9 Å². The third-order valence-electron chi connectivity index (χ3n) is 5.29. The highest BCUT2D eigenvalue weighted by atomic mass is 19.1. The minimum atomic E-state index is -0.263. The first-order valence-corrected chi connectivity index (χ1v) is 9.38. The Morgan fingerprint density at radius 1 is 1.19 bits per heavy atom. The van der Waals surface area contributed by atoms with Crippen molar-refractivity contribution in [3.05, 3.63) is 59.3 Å². The Morgan fingerprint density at radius 3 is 2.74 bits per heavy atom. The summed E-state index contributed by atoms with van der Waals surface area (Å²) in [5.41, 5.74) is 4.65. The van der Waals surface area contributed by atoms with Crippen molar-refractivity contribution in [3.63, 3.8) is 0 Å². The molecule has 2 N–H and O–H groups in total. The minimum Gasteiger partial charge on any atom is -0.496 e. The molecule has 0 amide bonds. The molecule has 5 nitrogen and oxygen atoms in total. The molecule has 1 aromatic heterocycles. The number of ether oxygens (including phenoxy) is 1. The maximum absolute atomic E-state index is 14.4. The van der Waals surface area contributed by atoms with Gasteiger partial charge in [-0.25, -0.2) is 4.39 Å². The predicted molar refractivity (Wildman–Crippen MR) is 105 cm³/mol. The first kappa shape index (κ1) is 17.8. The van der Waals surface area contributed by atoms with Gasteiger partial charge >= 0.3 is 0 Å². The Kier molecular flexibility index (Phi) is 4.99. The molecule has 0 radical (unpaired) electrons. The van der Waals surface area contributed by atoms with Crippen LogP contribution in [-0.4, -0.2) is 38.3 Å². The van der Waals surface area contributed by atoms with E-state index in [1.165, 1.54) is 11.8 Å². The van der Waals surface area contributed by atoms with Crippen molar-refractivity contribution < 1.29 is 9.13 Å². The van der Waals surface area contributed by atoms with Crippen LogP contribution in [0.2, 0.25) is 0 Å². The van der Waals surface area contributed by atoms with Gasteiger partial charge in [-0.15, -0.1) is 0 Å². The van der Waals surface area contributed by atoms with Crippen LogP contribution in [0.1, 0.15) is 29.4 Å². The van der Waals surface area contributed by atoms with E-state index in [1.807, 2.05) is 6.20 Å². The van der Waals surface area contributed by atoms with Crippen molar-refractivity contribution >= 4 is 11.3 Å². The molecule has 142 valence electrons. The summed E-state index contributed by atoms with van der Waals surface area (Å²) in [5.74, 6) is 0.295. The second-order valence-electron chi connectivity index (χ2n) is 6.99. The third kappa shape index (κ3) is 3.49. The number of methoxy groups -OCH3 is 1. The van der Waals surface area contributed by atoms with Gasteiger partial charge in [0.05, 0.1) is 35.8 Å². The van der Waals surface area contributed by atoms with Crippen LogP contribution in [0.25, 0.3) is 5.57 Å². The zero-order valence-electron chi connectivity index (χ0n) is 15.8. The Balaban J connectivity index is 1.53. The number of pyridine rings is 1. The van der Waals surface area contributed by atoms with E-state index < -0.39 is 0 Å². The molecule has 0 aliphatic carbocycles. The highest BCUT2D eigenvalue weighted by molar-refractivity contribution is 5.73. The zero-order valence-corrected chi connectivity index (χ0v) is 15.8. The SMILES string of the molecule is COc1cccc(F)c1C1=CNC(c2ccc(N3CCNCC3)c(C)n2)C1. The fraction of sp³-hybridized carbons (Fsp3) is 0.381. The molecular weight excluding hydrogens is 343 g/mol. The van der Waals surface area contributed by atoms with Crippen molar-refractivity contribution in [1.82, 2.24) is 15.6 Å². The van der Waals surface area contributed by atoms with Gasteiger partial charge in [-0.05, 0) is 36.8 Å². The van der Waals surface area contributed by atoms with Gasteiger partial charge in [-0.1, -0.05) is 6.07 Å². The Labute approximate surface area is 159 Å². The van der Waals surface area contributed by atoms with Crippen LogP contribution in [0.15, 0.2) is 36.5 Å². The van der Waals surface area contributed by atoms with Crippen LogP contribution < -0.4 is 20.3 Å². The molecule has 6 heteroatoms. The maximum atomic E-state index is 14.4. The number of anilines is 1. The average Bonchev–Trinajstić information content (AvgIpc) is 3.18. The number of aromatic nitrogens is 1. The van der Waals surface area contributed by atoms with Gasteiger partial charge in [-0.2, -0.15) is 0 Å². The summed E-state index contributed by atoms with van der Waals surface area (Å²) < 4.78 is 19.7. The summed E-state index contributed by atoms with van der Waals surface area (Å²) in [4.78, 5) is 7.21. The highest BCUT2D eigenvalue weighted by Crippen LogP contribution is 2.37. The van der Waals surface area contributed by atoms with E-state index in [2.05, 4.69) is 34.6 Å². The molecule has 0 spiro atoms. The Morgan fingerprint density at radius 2 is 2.00 bits per heavy atom. The number of benzene rings is 1. The number of aryl methyl sites for hydroxylation is 1. The molecular formula is C21H25FN4O. The number of hydrogen-bond acceptors (Lipinski definition) is 5. The molecule has 1 aromatic carbocycles. The standard InChI is InChI=1S/C21H25FN4O/c1-14-19(26-10-8-23-9-11-26)7-6-17(25-14)18-12-15(13-24-18)21-16(22)4-3-5-20(21)27-2/h3-7,13,18,23-24H,8-12H2,1-2H3. The van der Waals surface area contributed by atoms with Gasteiger partial charge in [0.25, 0.3) is 0 Å². The molecule has 3 heterocycles. The molecule has 2 aromatic rings. The maximum Gasteiger partial charge on any atom is 0.134 e. The van der Waals surface area contributed by atoms with Gasteiger partial charge in [0, 0.05) is 38.8 Å². The molecule has 1 fully saturated rings. The lowest BCUT2D eigenvalue weighted by molar-refractivity contribution is 0.409. The first-order valence-electron chi connectivity index (χ1n) is 9.38. The molecule has 2 aliphatic rings. The van der Waals surface area contributed by atoms with Crippen LogP contribution in [0, 0.1) is 12.7 Å². The number of nitrogens with zero attached hydrogens (tertiary/aromatic N) is 2. The average molecular weight is 368 g/mol. The third-order valence-corrected chi connectivity index (χ3v) is 5.29. The van der Waals surface area contributed by atoms with E-state index >= 15 is 0 Å². The monoisotopic (exact) mass is 368 g/mol. The quantitative estimate of drug-likeness (QED) is 0.869. The summed E-state index contributed by atoms with van der Waals surface area (Å²) in [7, 11) is 1.57. The first-order chi connectivity index (χ1) is 13.2. The fourth-order valence-corrected chi connectivity index (χ4v) is 3.90. The summed E-state index contributed by atoms with van der Waals surface area (Å²) in [5, 5.41) is 6.73. The van der Waals surface area contributed by atoms with Gasteiger partial charge < -0.3 is 20.3 Å². The van der Waals surface area contributed by atoms with Crippen molar-refractivity contribution in [1.29, 1.82) is 0 Å². The van der Waals surface area contributed by atoms with E-state index in [0.717, 1.165) is 43.1 Å². The van der Waals surface area contributed by atoms with Gasteiger partial charge in [0.15, 0.2) is 0 Å². The number of nitrogens with one attached hydrogen (secondary N) is 2. The largest absolute Gasteiger partial charge is 0.496 e. The Hall–Kier alpha value is -2.60. The lowest BCUT2D eigenvalue weighted by Crippen LogP contribution is -2.43. The summed E-state index contributed by atoms with van der Waals surface area (Å²) in [6.07, 6.45) is 2.56. The lowest BCUT2D eigenvalue weighted by atomic mass is 9.99. The molecule has 0 saturated carbocycles. The van der Waals surface area contributed by atoms with Crippen molar-refractivity contribution in [2.75, 3.05) is 38.2 Å². The normalized spacial score (nSPS) is 19.6. The van der Waals surface area contributed by atoms with Crippen molar-refractivity contribution in [3.8, 4) is 5.75 Å². The number of halogens is 1. The van der Waals surface area contributed by atoms with E-state index in [4.69, 9.17) is 9.72 Å². The molecule has 4 rings (SSSR count). The Bertz CT molecular complexity index is 861. The minimum absolute atomic E-state index is 0.0417. The van der Waals surface area contributed by atoms with Gasteiger partial charge in [-0.3, -0.25) is 4.98 Å². The molecule has 2 aliphatic heterocycles. The summed E-state index contributed by atoms with van der Waals surface area (Å²) in [6.45, 7) is 6.07. The topological polar surface area (TPSA) is 49.4 Å². The predicted octanol–water partition coefficient (Wildman–Crippen LogP) is 3.02. The second-order valence-corrected chi connectivity index (χ2v) is 6.99. The summed E-state index contributed by atoms with van der Waals surface area (Å²) >= 11 is 0. The van der Waals surface area contributed by atoms with Gasteiger partial charge in [0.1, 0.15) is 11.6 Å². The van der Waals surface area contributed by atoms with Crippen LogP contribution >= 0.6 is 0 Å².